The second-order valence-corrected chi connectivity index (χ2v) is 4.11. The number of rotatable bonds is 4. The van der Waals surface area contributed by atoms with Crippen LogP contribution in [-0.2, 0) is 4.74 Å². The fraction of sp³-hybridized carbons (Fsp3) is 0.357. The Morgan fingerprint density at radius 2 is 2.17 bits per heavy atom. The Morgan fingerprint density at radius 1 is 1.39 bits per heavy atom. The molecule has 0 atom stereocenters. The van der Waals surface area contributed by atoms with Gasteiger partial charge < -0.3 is 4.74 Å². The van der Waals surface area contributed by atoms with Gasteiger partial charge in [0.2, 0.25) is 0 Å². The van der Waals surface area contributed by atoms with Crippen molar-refractivity contribution >= 4 is 5.91 Å². The number of hydrazine groups is 1. The van der Waals surface area contributed by atoms with Crippen molar-refractivity contribution in [3.63, 3.8) is 0 Å². The van der Waals surface area contributed by atoms with E-state index in [4.69, 9.17) is 4.74 Å². The van der Waals surface area contributed by atoms with Gasteiger partial charge in [0.25, 0.3) is 5.91 Å². The summed E-state index contributed by atoms with van der Waals surface area (Å²) in [5.41, 5.74) is 3.57. The van der Waals surface area contributed by atoms with Crippen molar-refractivity contribution in [2.24, 2.45) is 0 Å². The van der Waals surface area contributed by atoms with Gasteiger partial charge in [0, 0.05) is 25.1 Å². The number of amides is 1. The van der Waals surface area contributed by atoms with Gasteiger partial charge in [-0.05, 0) is 25.1 Å². The van der Waals surface area contributed by atoms with Crippen molar-refractivity contribution in [3.8, 4) is 0 Å². The maximum atomic E-state index is 11.9. The molecule has 0 bridgehead atoms. The molecule has 0 spiro atoms. The molecule has 0 unspecified atom stereocenters. The van der Waals surface area contributed by atoms with Gasteiger partial charge in [-0.1, -0.05) is 18.2 Å². The van der Waals surface area contributed by atoms with Crippen LogP contribution in [0.2, 0.25) is 0 Å². The highest BCUT2D eigenvalue weighted by Crippen LogP contribution is 2.10. The van der Waals surface area contributed by atoms with Crippen molar-refractivity contribution in [1.29, 1.82) is 0 Å². The molecule has 4 nitrogen and oxygen atoms in total. The van der Waals surface area contributed by atoms with Crippen LogP contribution >= 0.6 is 0 Å². The Morgan fingerprint density at radius 3 is 2.78 bits per heavy atom. The Hall–Kier alpha value is -1.81. The van der Waals surface area contributed by atoms with Crippen LogP contribution < -0.4 is 5.43 Å². The second kappa shape index (κ2) is 6.21. The van der Waals surface area contributed by atoms with E-state index in [0.717, 1.165) is 18.7 Å². The van der Waals surface area contributed by atoms with Crippen LogP contribution in [0.1, 0.15) is 23.7 Å². The van der Waals surface area contributed by atoms with Crippen molar-refractivity contribution in [1.82, 2.24) is 10.4 Å². The van der Waals surface area contributed by atoms with Crippen molar-refractivity contribution in [3.05, 3.63) is 47.7 Å². The average molecular weight is 246 g/mol. The van der Waals surface area contributed by atoms with Crippen LogP contribution in [-0.4, -0.2) is 30.6 Å². The molecular weight excluding hydrogens is 228 g/mol. The molecule has 0 aromatic heterocycles. The maximum Gasteiger partial charge on any atom is 0.265 e. The number of benzene rings is 1. The highest BCUT2D eigenvalue weighted by molar-refractivity contribution is 5.93. The van der Waals surface area contributed by atoms with E-state index < -0.39 is 0 Å². The molecule has 1 amide bonds. The Bertz CT molecular complexity index is 429. The molecule has 0 aliphatic carbocycles. The SMILES string of the molecule is CCOC1=CCN(NC(=O)c2ccccc2)CC1. The van der Waals surface area contributed by atoms with E-state index >= 15 is 0 Å². The molecule has 4 heteroatoms. The molecule has 96 valence electrons. The molecule has 0 saturated carbocycles. The molecule has 0 fully saturated rings. The molecule has 1 aromatic rings. The Balaban J connectivity index is 1.87. The lowest BCUT2D eigenvalue weighted by atomic mass is 10.2. The van der Waals surface area contributed by atoms with Gasteiger partial charge in [0.1, 0.15) is 0 Å². The number of carbonyl (C=O) groups excluding carboxylic acids is 1. The molecule has 1 aromatic carbocycles. The fourth-order valence-corrected chi connectivity index (χ4v) is 1.87. The summed E-state index contributed by atoms with van der Waals surface area (Å²) in [5, 5.41) is 1.90. The minimum Gasteiger partial charge on any atom is -0.498 e. The van der Waals surface area contributed by atoms with E-state index in [0.29, 0.717) is 18.7 Å². The lowest BCUT2D eigenvalue weighted by molar-refractivity contribution is 0.0778. The summed E-state index contributed by atoms with van der Waals surface area (Å²) in [4.78, 5) is 11.9. The lowest BCUT2D eigenvalue weighted by Crippen LogP contribution is -2.44. The summed E-state index contributed by atoms with van der Waals surface area (Å²) < 4.78 is 5.44. The van der Waals surface area contributed by atoms with Crippen molar-refractivity contribution in [2.75, 3.05) is 19.7 Å². The van der Waals surface area contributed by atoms with Gasteiger partial charge in [-0.25, -0.2) is 5.01 Å². The Labute approximate surface area is 107 Å². The molecule has 1 aliphatic rings. The molecule has 2 rings (SSSR count). The fourth-order valence-electron chi connectivity index (χ4n) is 1.87. The maximum absolute atomic E-state index is 11.9. The van der Waals surface area contributed by atoms with Crippen LogP contribution in [0.4, 0.5) is 0 Å². The topological polar surface area (TPSA) is 41.6 Å². The summed E-state index contributed by atoms with van der Waals surface area (Å²) in [5.74, 6) is 0.951. The average Bonchev–Trinajstić information content (AvgIpc) is 2.42. The predicted molar refractivity (Wildman–Crippen MR) is 69.8 cm³/mol. The number of nitrogens with one attached hydrogen (secondary N) is 1. The third-order valence-corrected chi connectivity index (χ3v) is 2.79. The van der Waals surface area contributed by atoms with E-state index in [-0.39, 0.29) is 5.91 Å². The first-order chi connectivity index (χ1) is 8.79. The highest BCUT2D eigenvalue weighted by Gasteiger charge is 2.15. The standard InChI is InChI=1S/C14H18N2O2/c1-2-18-13-8-10-16(11-9-13)15-14(17)12-6-4-3-5-7-12/h3-8H,2,9-11H2,1H3,(H,15,17). The first kappa shape index (κ1) is 12.6. The summed E-state index contributed by atoms with van der Waals surface area (Å²) in [6, 6.07) is 9.23. The predicted octanol–water partition coefficient (Wildman–Crippen LogP) is 1.96. The largest absolute Gasteiger partial charge is 0.498 e. The summed E-state index contributed by atoms with van der Waals surface area (Å²) in [6.45, 7) is 4.14. The van der Waals surface area contributed by atoms with Gasteiger partial charge in [-0.3, -0.25) is 10.2 Å². The van der Waals surface area contributed by atoms with Gasteiger partial charge in [0.15, 0.2) is 0 Å². The first-order valence-corrected chi connectivity index (χ1v) is 6.22. The number of hydrogen-bond donors (Lipinski definition) is 1. The summed E-state index contributed by atoms with van der Waals surface area (Å²) in [6.07, 6.45) is 2.85. The van der Waals surface area contributed by atoms with Gasteiger partial charge in [0.05, 0.1) is 12.4 Å². The summed E-state index contributed by atoms with van der Waals surface area (Å²) in [7, 11) is 0. The number of carbonyl (C=O) groups is 1. The minimum absolute atomic E-state index is 0.0659. The zero-order valence-electron chi connectivity index (χ0n) is 10.6. The molecule has 0 saturated heterocycles. The van der Waals surface area contributed by atoms with Crippen LogP contribution in [0.5, 0.6) is 0 Å². The number of nitrogens with zero attached hydrogens (tertiary/aromatic N) is 1. The normalized spacial score (nSPS) is 15.9. The van der Waals surface area contributed by atoms with Gasteiger partial charge in [-0.15, -0.1) is 0 Å². The van der Waals surface area contributed by atoms with Crippen LogP contribution in [0.25, 0.3) is 0 Å². The summed E-state index contributed by atoms with van der Waals surface area (Å²) >= 11 is 0. The molecule has 1 heterocycles. The van der Waals surface area contributed by atoms with E-state index in [1.165, 1.54) is 0 Å². The molecule has 1 N–H and O–H groups in total. The molecule has 1 aliphatic heterocycles. The van der Waals surface area contributed by atoms with Gasteiger partial charge in [-0.2, -0.15) is 0 Å². The zero-order valence-corrected chi connectivity index (χ0v) is 10.6. The van der Waals surface area contributed by atoms with E-state index in [1.54, 1.807) is 12.1 Å². The highest BCUT2D eigenvalue weighted by atomic mass is 16.5. The lowest BCUT2D eigenvalue weighted by Gasteiger charge is -2.26. The first-order valence-electron chi connectivity index (χ1n) is 6.22. The van der Waals surface area contributed by atoms with E-state index in [1.807, 2.05) is 36.2 Å². The zero-order chi connectivity index (χ0) is 12.8. The van der Waals surface area contributed by atoms with Crippen molar-refractivity contribution in [2.45, 2.75) is 13.3 Å². The van der Waals surface area contributed by atoms with Crippen molar-refractivity contribution < 1.29 is 9.53 Å². The molecular formula is C14H18N2O2. The quantitative estimate of drug-likeness (QED) is 0.883. The third-order valence-electron chi connectivity index (χ3n) is 2.79. The number of hydrogen-bond acceptors (Lipinski definition) is 3. The van der Waals surface area contributed by atoms with Gasteiger partial charge >= 0.3 is 0 Å². The monoisotopic (exact) mass is 246 g/mol. The molecule has 18 heavy (non-hydrogen) atoms. The van der Waals surface area contributed by atoms with Crippen LogP contribution in [0, 0.1) is 0 Å². The smallest absolute Gasteiger partial charge is 0.265 e. The van der Waals surface area contributed by atoms with Crippen LogP contribution in [0.3, 0.4) is 0 Å². The van der Waals surface area contributed by atoms with Crippen LogP contribution in [0.15, 0.2) is 42.2 Å². The number of ether oxygens (including phenoxy) is 1. The third kappa shape index (κ3) is 3.34. The Kier molecular flexibility index (Phi) is 4.36. The molecule has 0 radical (unpaired) electrons. The van der Waals surface area contributed by atoms with E-state index in [2.05, 4.69) is 5.43 Å². The second-order valence-electron chi connectivity index (χ2n) is 4.11. The minimum atomic E-state index is -0.0659. The van der Waals surface area contributed by atoms with E-state index in [9.17, 15) is 4.79 Å².